The van der Waals surface area contributed by atoms with Gasteiger partial charge in [0.25, 0.3) is 5.91 Å². The third kappa shape index (κ3) is 4.54. The molecule has 0 aliphatic rings. The van der Waals surface area contributed by atoms with Gasteiger partial charge in [-0.15, -0.1) is 0 Å². The van der Waals surface area contributed by atoms with Crippen molar-refractivity contribution in [1.29, 1.82) is 5.41 Å². The van der Waals surface area contributed by atoms with Crippen LogP contribution in [0.4, 0.5) is 5.69 Å². The van der Waals surface area contributed by atoms with Gasteiger partial charge in [-0.3, -0.25) is 10.2 Å². The smallest absolute Gasteiger partial charge is 0.336 e. The van der Waals surface area contributed by atoms with E-state index >= 15 is 0 Å². The van der Waals surface area contributed by atoms with Crippen molar-refractivity contribution in [2.75, 3.05) is 12.4 Å². The Morgan fingerprint density at radius 1 is 0.938 bits per heavy atom. The van der Waals surface area contributed by atoms with E-state index in [1.165, 1.54) is 31.4 Å². The molecule has 10 nitrogen and oxygen atoms in total. The number of nitrogens with one attached hydrogen (secondary N) is 2. The highest BCUT2D eigenvalue weighted by atomic mass is 16.5. The number of amides is 1. The van der Waals surface area contributed by atoms with Gasteiger partial charge < -0.3 is 26.0 Å². The van der Waals surface area contributed by atoms with E-state index in [0.29, 0.717) is 11.3 Å². The Bertz CT molecular complexity index is 1240. The molecule has 0 unspecified atom stereocenters. The van der Waals surface area contributed by atoms with Crippen LogP contribution in [0.5, 0.6) is 5.88 Å². The van der Waals surface area contributed by atoms with Gasteiger partial charge >= 0.3 is 11.9 Å². The maximum absolute atomic E-state index is 13.0. The molecule has 32 heavy (non-hydrogen) atoms. The summed E-state index contributed by atoms with van der Waals surface area (Å²) in [5, 5.41) is 28.9. The summed E-state index contributed by atoms with van der Waals surface area (Å²) in [5.41, 5.74) is 5.99. The summed E-state index contributed by atoms with van der Waals surface area (Å²) in [6, 6.07) is 12.7. The second kappa shape index (κ2) is 8.96. The molecular weight excluding hydrogens is 416 g/mol. The molecule has 0 aliphatic heterocycles. The number of carbonyl (C=O) groups excluding carboxylic acids is 1. The second-order valence-corrected chi connectivity index (χ2v) is 6.57. The highest BCUT2D eigenvalue weighted by Crippen LogP contribution is 2.30. The van der Waals surface area contributed by atoms with Crippen LogP contribution in [0, 0.1) is 5.41 Å². The van der Waals surface area contributed by atoms with Crippen LogP contribution in [0.25, 0.3) is 11.1 Å². The van der Waals surface area contributed by atoms with E-state index < -0.39 is 17.8 Å². The fraction of sp³-hybridized carbons (Fsp3) is 0.0455. The van der Waals surface area contributed by atoms with Gasteiger partial charge in [-0.1, -0.05) is 6.07 Å². The Labute approximate surface area is 181 Å². The summed E-state index contributed by atoms with van der Waals surface area (Å²) in [4.78, 5) is 40.2. The van der Waals surface area contributed by atoms with Gasteiger partial charge in [-0.25, -0.2) is 14.6 Å². The molecule has 0 bridgehead atoms. The van der Waals surface area contributed by atoms with Crippen LogP contribution < -0.4 is 15.8 Å². The zero-order valence-corrected chi connectivity index (χ0v) is 16.7. The van der Waals surface area contributed by atoms with Crippen molar-refractivity contribution in [3.05, 3.63) is 77.0 Å². The van der Waals surface area contributed by atoms with Crippen molar-refractivity contribution in [1.82, 2.24) is 4.98 Å². The zero-order valence-electron chi connectivity index (χ0n) is 16.7. The average molecular weight is 434 g/mol. The molecule has 0 saturated heterocycles. The molecule has 0 atom stereocenters. The first kappa shape index (κ1) is 22.0. The average Bonchev–Trinajstić information content (AvgIpc) is 2.78. The standard InChI is InChI=1S/C22H18N4O6/c1-32-17-9-8-15(14-7-4-12(21(28)29)10-16(14)22(30)31)18(26-17)20(27)25-13-5-2-11(3-6-13)19(23)24/h2-10H,1H3,(H3,23,24)(H,25,27)(H,28,29)(H,30,31). The summed E-state index contributed by atoms with van der Waals surface area (Å²) in [6.07, 6.45) is 0. The lowest BCUT2D eigenvalue weighted by molar-refractivity contribution is 0.0696. The van der Waals surface area contributed by atoms with Crippen LogP contribution in [-0.4, -0.2) is 46.0 Å². The zero-order chi connectivity index (χ0) is 23.4. The molecule has 0 fully saturated rings. The predicted octanol–water partition coefficient (Wildman–Crippen LogP) is 2.69. The summed E-state index contributed by atoms with van der Waals surface area (Å²) >= 11 is 0. The number of amidine groups is 1. The third-order valence-corrected chi connectivity index (χ3v) is 4.53. The van der Waals surface area contributed by atoms with Crippen LogP contribution in [0.15, 0.2) is 54.6 Å². The number of aromatic nitrogens is 1. The van der Waals surface area contributed by atoms with Crippen LogP contribution in [0.2, 0.25) is 0 Å². The molecule has 1 amide bonds. The van der Waals surface area contributed by atoms with Crippen molar-refractivity contribution in [2.24, 2.45) is 5.73 Å². The minimum atomic E-state index is -1.36. The Morgan fingerprint density at radius 3 is 2.12 bits per heavy atom. The molecule has 6 N–H and O–H groups in total. The van der Waals surface area contributed by atoms with Crippen molar-refractivity contribution < 1.29 is 29.3 Å². The monoisotopic (exact) mass is 434 g/mol. The van der Waals surface area contributed by atoms with E-state index in [1.54, 1.807) is 24.3 Å². The number of hydrogen-bond acceptors (Lipinski definition) is 6. The lowest BCUT2D eigenvalue weighted by atomic mass is 9.96. The molecule has 3 rings (SSSR count). The van der Waals surface area contributed by atoms with E-state index in [9.17, 15) is 24.6 Å². The number of nitrogens with zero attached hydrogens (tertiary/aromatic N) is 1. The van der Waals surface area contributed by atoms with E-state index in [4.69, 9.17) is 15.9 Å². The Hall–Kier alpha value is -4.73. The predicted molar refractivity (Wildman–Crippen MR) is 116 cm³/mol. The fourth-order valence-corrected chi connectivity index (χ4v) is 2.96. The number of anilines is 1. The van der Waals surface area contributed by atoms with Gasteiger partial charge in [0.05, 0.1) is 18.2 Å². The van der Waals surface area contributed by atoms with Gasteiger partial charge in [-0.2, -0.15) is 0 Å². The number of hydrogen-bond donors (Lipinski definition) is 5. The Balaban J connectivity index is 2.08. The number of methoxy groups -OCH3 is 1. The summed E-state index contributed by atoms with van der Waals surface area (Å²) < 4.78 is 5.09. The summed E-state index contributed by atoms with van der Waals surface area (Å²) in [7, 11) is 1.37. The third-order valence-electron chi connectivity index (χ3n) is 4.53. The van der Waals surface area contributed by atoms with E-state index in [-0.39, 0.29) is 39.7 Å². The molecule has 2 aromatic carbocycles. The maximum atomic E-state index is 13.0. The molecule has 0 saturated carbocycles. The number of carbonyl (C=O) groups is 3. The first-order valence-electron chi connectivity index (χ1n) is 9.13. The molecule has 10 heteroatoms. The topological polar surface area (TPSA) is 176 Å². The van der Waals surface area contributed by atoms with Gasteiger partial charge in [-0.05, 0) is 48.0 Å². The highest BCUT2D eigenvalue weighted by molar-refractivity contribution is 6.09. The van der Waals surface area contributed by atoms with Crippen molar-refractivity contribution in [3.8, 4) is 17.0 Å². The number of aromatic carboxylic acids is 2. The van der Waals surface area contributed by atoms with Crippen LogP contribution >= 0.6 is 0 Å². The lowest BCUT2D eigenvalue weighted by Gasteiger charge is -2.13. The van der Waals surface area contributed by atoms with E-state index in [1.807, 2.05) is 0 Å². The SMILES string of the molecule is COc1ccc(-c2ccc(C(=O)O)cc2C(=O)O)c(C(=O)Nc2ccc(C(=N)N)cc2)n1. The van der Waals surface area contributed by atoms with E-state index in [2.05, 4.69) is 10.3 Å². The van der Waals surface area contributed by atoms with Gasteiger partial charge in [0, 0.05) is 22.9 Å². The number of carboxylic acid groups (broad SMARTS) is 2. The van der Waals surface area contributed by atoms with Crippen LogP contribution in [0.1, 0.15) is 36.8 Å². The van der Waals surface area contributed by atoms with Crippen molar-refractivity contribution in [2.45, 2.75) is 0 Å². The lowest BCUT2D eigenvalue weighted by Crippen LogP contribution is -2.17. The second-order valence-electron chi connectivity index (χ2n) is 6.57. The first-order valence-corrected chi connectivity index (χ1v) is 9.13. The first-order chi connectivity index (χ1) is 15.2. The van der Waals surface area contributed by atoms with Gasteiger partial charge in [0.2, 0.25) is 5.88 Å². The number of benzene rings is 2. The number of ether oxygens (including phenoxy) is 1. The normalized spacial score (nSPS) is 10.3. The molecule has 0 aliphatic carbocycles. The Kier molecular flexibility index (Phi) is 6.15. The molecule has 1 aromatic heterocycles. The molecule has 1 heterocycles. The van der Waals surface area contributed by atoms with Crippen LogP contribution in [0.3, 0.4) is 0 Å². The highest BCUT2D eigenvalue weighted by Gasteiger charge is 2.22. The largest absolute Gasteiger partial charge is 0.481 e. The summed E-state index contributed by atoms with van der Waals surface area (Å²) in [6.45, 7) is 0. The Morgan fingerprint density at radius 2 is 1.56 bits per heavy atom. The summed E-state index contributed by atoms with van der Waals surface area (Å²) in [5.74, 6) is -3.27. The molecular formula is C22H18N4O6. The number of nitrogens with two attached hydrogens (primary N) is 1. The molecule has 162 valence electrons. The number of carboxylic acids is 2. The van der Waals surface area contributed by atoms with Gasteiger partial charge in [0.15, 0.2) is 0 Å². The van der Waals surface area contributed by atoms with Gasteiger partial charge in [0.1, 0.15) is 11.5 Å². The molecule has 3 aromatic rings. The maximum Gasteiger partial charge on any atom is 0.336 e. The fourth-order valence-electron chi connectivity index (χ4n) is 2.96. The van der Waals surface area contributed by atoms with Crippen molar-refractivity contribution >= 4 is 29.4 Å². The minimum Gasteiger partial charge on any atom is -0.481 e. The number of rotatable bonds is 7. The minimum absolute atomic E-state index is 0.120. The number of pyridine rings is 1. The quantitative estimate of drug-likeness (QED) is 0.278. The number of nitrogen functional groups attached to an aromatic ring is 1. The van der Waals surface area contributed by atoms with Crippen molar-refractivity contribution in [3.63, 3.8) is 0 Å². The molecule has 0 spiro atoms. The van der Waals surface area contributed by atoms with E-state index in [0.717, 1.165) is 6.07 Å². The van der Waals surface area contributed by atoms with Crippen LogP contribution in [-0.2, 0) is 0 Å². The molecule has 0 radical (unpaired) electrons.